The highest BCUT2D eigenvalue weighted by Crippen LogP contribution is 2.30. The van der Waals surface area contributed by atoms with Gasteiger partial charge in [-0.25, -0.2) is 13.1 Å². The van der Waals surface area contributed by atoms with Gasteiger partial charge in [-0.3, -0.25) is 0 Å². The summed E-state index contributed by atoms with van der Waals surface area (Å²) in [7, 11) is 0.840. The molecule has 2 aromatic carbocycles. The van der Waals surface area contributed by atoms with Crippen LogP contribution in [0.2, 0.25) is 0 Å². The summed E-state index contributed by atoms with van der Waals surface area (Å²) in [6.45, 7) is 1.78. The zero-order chi connectivity index (χ0) is 17.7. The number of nitrogens with one attached hydrogen (secondary N) is 1. The van der Waals surface area contributed by atoms with Crippen LogP contribution in [0.5, 0.6) is 17.2 Å². The van der Waals surface area contributed by atoms with E-state index in [-0.39, 0.29) is 4.90 Å². The van der Waals surface area contributed by atoms with E-state index in [4.69, 9.17) is 14.2 Å². The van der Waals surface area contributed by atoms with Crippen molar-refractivity contribution in [2.45, 2.75) is 17.9 Å². The summed E-state index contributed by atoms with van der Waals surface area (Å²) in [5.74, 6) is 1.55. The van der Waals surface area contributed by atoms with Crippen molar-refractivity contribution in [2.75, 3.05) is 21.3 Å². The Hall–Kier alpha value is -2.25. The Kier molecular flexibility index (Phi) is 5.69. The molecule has 0 aromatic heterocycles. The third-order valence-corrected chi connectivity index (χ3v) is 5.15. The van der Waals surface area contributed by atoms with Crippen LogP contribution in [0.4, 0.5) is 0 Å². The van der Waals surface area contributed by atoms with Gasteiger partial charge in [-0.2, -0.15) is 0 Å². The van der Waals surface area contributed by atoms with Gasteiger partial charge in [0.25, 0.3) is 0 Å². The van der Waals surface area contributed by atoms with Gasteiger partial charge in [0.1, 0.15) is 5.75 Å². The van der Waals surface area contributed by atoms with Gasteiger partial charge < -0.3 is 14.2 Å². The molecule has 0 aliphatic carbocycles. The Labute approximate surface area is 142 Å². The number of ether oxygens (including phenoxy) is 3. The first-order valence-corrected chi connectivity index (χ1v) is 8.78. The van der Waals surface area contributed by atoms with Crippen LogP contribution in [0.1, 0.15) is 18.5 Å². The fourth-order valence-electron chi connectivity index (χ4n) is 2.25. The second-order valence-corrected chi connectivity index (χ2v) is 6.85. The van der Waals surface area contributed by atoms with Crippen molar-refractivity contribution >= 4 is 10.0 Å². The van der Waals surface area contributed by atoms with Gasteiger partial charge in [0.2, 0.25) is 10.0 Å². The van der Waals surface area contributed by atoms with E-state index in [0.717, 1.165) is 5.56 Å². The maximum absolute atomic E-state index is 12.6. The SMILES string of the molecule is COc1ccc([C@H](C)NS(=O)(=O)c2ccc(OC)c(OC)c2)cc1. The molecule has 7 heteroatoms. The highest BCUT2D eigenvalue weighted by molar-refractivity contribution is 7.89. The van der Waals surface area contributed by atoms with E-state index in [1.165, 1.54) is 26.4 Å². The minimum absolute atomic E-state index is 0.112. The number of hydrogen-bond acceptors (Lipinski definition) is 5. The van der Waals surface area contributed by atoms with Crippen molar-refractivity contribution in [1.82, 2.24) is 4.72 Å². The van der Waals surface area contributed by atoms with Crippen LogP contribution in [0.15, 0.2) is 47.4 Å². The lowest BCUT2D eigenvalue weighted by molar-refractivity contribution is 0.354. The van der Waals surface area contributed by atoms with Gasteiger partial charge in [-0.15, -0.1) is 0 Å². The molecule has 0 aliphatic rings. The van der Waals surface area contributed by atoms with Crippen molar-refractivity contribution in [3.63, 3.8) is 0 Å². The summed E-state index contributed by atoms with van der Waals surface area (Å²) in [4.78, 5) is 0.112. The smallest absolute Gasteiger partial charge is 0.241 e. The van der Waals surface area contributed by atoms with E-state index >= 15 is 0 Å². The Morgan fingerprint density at radius 1 is 0.875 bits per heavy atom. The largest absolute Gasteiger partial charge is 0.497 e. The number of methoxy groups -OCH3 is 3. The van der Waals surface area contributed by atoms with Crippen molar-refractivity contribution in [3.05, 3.63) is 48.0 Å². The normalized spacial score (nSPS) is 12.5. The molecule has 0 bridgehead atoms. The van der Waals surface area contributed by atoms with E-state index in [0.29, 0.717) is 17.2 Å². The van der Waals surface area contributed by atoms with Crippen molar-refractivity contribution in [1.29, 1.82) is 0 Å². The Balaban J connectivity index is 2.23. The number of rotatable bonds is 7. The monoisotopic (exact) mass is 351 g/mol. The van der Waals surface area contributed by atoms with Crippen LogP contribution in [0.3, 0.4) is 0 Å². The van der Waals surface area contributed by atoms with E-state index < -0.39 is 16.1 Å². The summed E-state index contributed by atoms with van der Waals surface area (Å²) >= 11 is 0. The van der Waals surface area contributed by atoms with Crippen LogP contribution in [-0.2, 0) is 10.0 Å². The molecule has 0 saturated heterocycles. The standard InChI is InChI=1S/C17H21NO5S/c1-12(13-5-7-14(21-2)8-6-13)18-24(19,20)15-9-10-16(22-3)17(11-15)23-4/h5-12,18H,1-4H3/t12-/m0/s1. The molecule has 0 saturated carbocycles. The highest BCUT2D eigenvalue weighted by Gasteiger charge is 2.20. The predicted octanol–water partition coefficient (Wildman–Crippen LogP) is 2.75. The maximum Gasteiger partial charge on any atom is 0.241 e. The first-order chi connectivity index (χ1) is 11.4. The average Bonchev–Trinajstić information content (AvgIpc) is 2.60. The predicted molar refractivity (Wildman–Crippen MR) is 91.3 cm³/mol. The van der Waals surface area contributed by atoms with E-state index in [9.17, 15) is 8.42 Å². The molecular formula is C17H21NO5S. The topological polar surface area (TPSA) is 73.9 Å². The van der Waals surface area contributed by atoms with Crippen molar-refractivity contribution in [2.24, 2.45) is 0 Å². The zero-order valence-corrected chi connectivity index (χ0v) is 14.9. The molecule has 0 spiro atoms. The Morgan fingerprint density at radius 3 is 2.04 bits per heavy atom. The summed E-state index contributed by atoms with van der Waals surface area (Å²) in [6.07, 6.45) is 0. The summed E-state index contributed by atoms with van der Waals surface area (Å²) in [6, 6.07) is 11.3. The lowest BCUT2D eigenvalue weighted by Crippen LogP contribution is -2.26. The molecule has 2 rings (SSSR count). The molecule has 2 aromatic rings. The third kappa shape index (κ3) is 3.98. The molecule has 0 fully saturated rings. The molecule has 1 atom stereocenters. The lowest BCUT2D eigenvalue weighted by atomic mass is 10.1. The van der Waals surface area contributed by atoms with Crippen LogP contribution in [-0.4, -0.2) is 29.7 Å². The van der Waals surface area contributed by atoms with Gasteiger partial charge in [0.05, 0.1) is 26.2 Å². The third-order valence-electron chi connectivity index (χ3n) is 3.61. The van der Waals surface area contributed by atoms with Crippen molar-refractivity contribution in [3.8, 4) is 17.2 Å². The van der Waals surface area contributed by atoms with Gasteiger partial charge >= 0.3 is 0 Å². The highest BCUT2D eigenvalue weighted by atomic mass is 32.2. The lowest BCUT2D eigenvalue weighted by Gasteiger charge is -2.16. The summed E-state index contributed by atoms with van der Waals surface area (Å²) in [5.41, 5.74) is 0.833. The molecule has 130 valence electrons. The second-order valence-electron chi connectivity index (χ2n) is 5.13. The van der Waals surface area contributed by atoms with Gasteiger partial charge in [0.15, 0.2) is 11.5 Å². The fourth-order valence-corrected chi connectivity index (χ4v) is 3.49. The van der Waals surface area contributed by atoms with E-state index in [1.54, 1.807) is 32.2 Å². The average molecular weight is 351 g/mol. The number of hydrogen-bond donors (Lipinski definition) is 1. The van der Waals surface area contributed by atoms with Crippen LogP contribution < -0.4 is 18.9 Å². The fraction of sp³-hybridized carbons (Fsp3) is 0.294. The first kappa shape index (κ1) is 18.1. The van der Waals surface area contributed by atoms with Gasteiger partial charge in [-0.05, 0) is 36.8 Å². The zero-order valence-electron chi connectivity index (χ0n) is 14.1. The molecule has 0 radical (unpaired) electrons. The van der Waals surface area contributed by atoms with E-state index in [2.05, 4.69) is 4.72 Å². The quantitative estimate of drug-likeness (QED) is 0.830. The van der Waals surface area contributed by atoms with E-state index in [1.807, 2.05) is 12.1 Å². The van der Waals surface area contributed by atoms with Gasteiger partial charge in [0, 0.05) is 12.1 Å². The van der Waals surface area contributed by atoms with Crippen LogP contribution in [0.25, 0.3) is 0 Å². The molecular weight excluding hydrogens is 330 g/mol. The molecule has 0 aliphatic heterocycles. The molecule has 1 N–H and O–H groups in total. The number of sulfonamides is 1. The summed E-state index contributed by atoms with van der Waals surface area (Å²) in [5, 5.41) is 0. The molecule has 0 unspecified atom stereocenters. The van der Waals surface area contributed by atoms with Crippen molar-refractivity contribution < 1.29 is 22.6 Å². The molecule has 6 nitrogen and oxygen atoms in total. The van der Waals surface area contributed by atoms with Gasteiger partial charge in [-0.1, -0.05) is 12.1 Å². The maximum atomic E-state index is 12.6. The first-order valence-electron chi connectivity index (χ1n) is 7.29. The Morgan fingerprint density at radius 2 is 1.50 bits per heavy atom. The summed E-state index contributed by atoms with van der Waals surface area (Å²) < 4.78 is 43.2. The second kappa shape index (κ2) is 7.55. The minimum atomic E-state index is -3.70. The Bertz CT molecular complexity index is 787. The molecule has 0 amide bonds. The minimum Gasteiger partial charge on any atom is -0.497 e. The molecule has 0 heterocycles. The van der Waals surface area contributed by atoms with Crippen LogP contribution >= 0.6 is 0 Å². The number of benzene rings is 2. The van der Waals surface area contributed by atoms with Crippen LogP contribution in [0, 0.1) is 0 Å². The molecule has 24 heavy (non-hydrogen) atoms.